The van der Waals surface area contributed by atoms with E-state index in [1.165, 1.54) is 0 Å². The summed E-state index contributed by atoms with van der Waals surface area (Å²) >= 11 is 2.99. The number of benzene rings is 1. The number of rotatable bonds is 5. The Labute approximate surface area is 113 Å². The maximum absolute atomic E-state index is 13.5. The number of carbonyl (C=O) groups is 1. The molecule has 6 heteroatoms. The van der Waals surface area contributed by atoms with Gasteiger partial charge in [0.2, 0.25) is 0 Å². The van der Waals surface area contributed by atoms with E-state index in [1.807, 2.05) is 0 Å². The highest BCUT2D eigenvalue weighted by atomic mass is 79.9. The molecule has 1 aromatic rings. The SMILES string of the molecule is CCOC(=O)CC(C)Nc1c(F)cc(Br)cc1F. The molecule has 0 radical (unpaired) electrons. The Bertz CT molecular complexity index is 417. The van der Waals surface area contributed by atoms with Crippen molar-refractivity contribution in [2.24, 2.45) is 0 Å². The van der Waals surface area contributed by atoms with E-state index in [0.717, 1.165) is 12.1 Å². The van der Waals surface area contributed by atoms with Crippen LogP contribution in [0.25, 0.3) is 0 Å². The molecule has 0 saturated carbocycles. The van der Waals surface area contributed by atoms with Crippen molar-refractivity contribution in [2.45, 2.75) is 26.3 Å². The number of nitrogens with one attached hydrogen (secondary N) is 1. The second-order valence-electron chi connectivity index (χ2n) is 3.80. The van der Waals surface area contributed by atoms with E-state index in [2.05, 4.69) is 21.2 Å². The zero-order chi connectivity index (χ0) is 13.7. The van der Waals surface area contributed by atoms with Gasteiger partial charge in [0.25, 0.3) is 0 Å². The molecule has 1 unspecified atom stereocenters. The van der Waals surface area contributed by atoms with Crippen molar-refractivity contribution in [1.82, 2.24) is 0 Å². The van der Waals surface area contributed by atoms with E-state index in [-0.39, 0.29) is 18.7 Å². The summed E-state index contributed by atoms with van der Waals surface area (Å²) in [7, 11) is 0. The lowest BCUT2D eigenvalue weighted by Crippen LogP contribution is -2.22. The van der Waals surface area contributed by atoms with Crippen molar-refractivity contribution >= 4 is 27.6 Å². The van der Waals surface area contributed by atoms with E-state index >= 15 is 0 Å². The second-order valence-corrected chi connectivity index (χ2v) is 4.71. The maximum Gasteiger partial charge on any atom is 0.307 e. The van der Waals surface area contributed by atoms with Crippen molar-refractivity contribution in [1.29, 1.82) is 0 Å². The smallest absolute Gasteiger partial charge is 0.307 e. The molecular formula is C12H14BrF2NO2. The third-order valence-corrected chi connectivity index (χ3v) is 2.63. The molecule has 1 N–H and O–H groups in total. The number of carbonyl (C=O) groups excluding carboxylic acids is 1. The first-order valence-electron chi connectivity index (χ1n) is 5.50. The summed E-state index contributed by atoms with van der Waals surface area (Å²) in [5.41, 5.74) is -0.241. The Morgan fingerprint density at radius 2 is 2.00 bits per heavy atom. The van der Waals surface area contributed by atoms with Gasteiger partial charge in [-0.3, -0.25) is 4.79 Å². The number of hydrogen-bond acceptors (Lipinski definition) is 3. The third kappa shape index (κ3) is 4.25. The molecule has 1 rings (SSSR count). The van der Waals surface area contributed by atoms with Gasteiger partial charge in [0.05, 0.1) is 13.0 Å². The van der Waals surface area contributed by atoms with Crippen molar-refractivity contribution in [3.8, 4) is 0 Å². The summed E-state index contributed by atoms with van der Waals surface area (Å²) in [5, 5.41) is 2.62. The molecule has 0 aromatic heterocycles. The average molecular weight is 322 g/mol. The number of anilines is 1. The van der Waals surface area contributed by atoms with Gasteiger partial charge < -0.3 is 10.1 Å². The van der Waals surface area contributed by atoms with Crippen molar-refractivity contribution < 1.29 is 18.3 Å². The van der Waals surface area contributed by atoms with Gasteiger partial charge in [-0.1, -0.05) is 15.9 Å². The normalized spacial score (nSPS) is 12.1. The monoisotopic (exact) mass is 321 g/mol. The van der Waals surface area contributed by atoms with E-state index in [4.69, 9.17) is 4.74 Å². The number of esters is 1. The first-order chi connectivity index (χ1) is 8.43. The molecule has 3 nitrogen and oxygen atoms in total. The van der Waals surface area contributed by atoms with Crippen LogP contribution in [0, 0.1) is 11.6 Å². The minimum absolute atomic E-state index is 0.0444. The van der Waals surface area contributed by atoms with Crippen LogP contribution in [-0.2, 0) is 9.53 Å². The van der Waals surface area contributed by atoms with Crippen LogP contribution in [-0.4, -0.2) is 18.6 Å². The highest BCUT2D eigenvalue weighted by Gasteiger charge is 2.15. The Kier molecular flexibility index (Phi) is 5.53. The summed E-state index contributed by atoms with van der Waals surface area (Å²) in [6, 6.07) is 1.89. The molecule has 0 bridgehead atoms. The molecule has 100 valence electrons. The number of ether oxygens (including phenoxy) is 1. The van der Waals surface area contributed by atoms with Gasteiger partial charge in [0.15, 0.2) is 0 Å². The lowest BCUT2D eigenvalue weighted by molar-refractivity contribution is -0.143. The third-order valence-electron chi connectivity index (χ3n) is 2.18. The fourth-order valence-corrected chi connectivity index (χ4v) is 1.85. The molecule has 0 aliphatic heterocycles. The molecule has 0 aliphatic rings. The van der Waals surface area contributed by atoms with E-state index in [1.54, 1.807) is 13.8 Å². The van der Waals surface area contributed by atoms with Crippen LogP contribution in [0.1, 0.15) is 20.3 Å². The van der Waals surface area contributed by atoms with Gasteiger partial charge in [0.1, 0.15) is 17.3 Å². The molecule has 0 heterocycles. The zero-order valence-electron chi connectivity index (χ0n) is 10.1. The summed E-state index contributed by atoms with van der Waals surface area (Å²) < 4.78 is 32.1. The zero-order valence-corrected chi connectivity index (χ0v) is 11.7. The van der Waals surface area contributed by atoms with E-state index in [0.29, 0.717) is 4.47 Å². The van der Waals surface area contributed by atoms with E-state index in [9.17, 15) is 13.6 Å². The first kappa shape index (κ1) is 14.9. The second kappa shape index (κ2) is 6.68. The molecular weight excluding hydrogens is 308 g/mol. The quantitative estimate of drug-likeness (QED) is 0.844. The largest absolute Gasteiger partial charge is 0.466 e. The molecule has 0 spiro atoms. The maximum atomic E-state index is 13.5. The first-order valence-corrected chi connectivity index (χ1v) is 6.30. The van der Waals surface area contributed by atoms with Crippen LogP contribution in [0.15, 0.2) is 16.6 Å². The summed E-state index contributed by atoms with van der Waals surface area (Å²) in [6.07, 6.45) is 0.0444. The van der Waals surface area contributed by atoms with Crippen molar-refractivity contribution in [3.63, 3.8) is 0 Å². The molecule has 0 saturated heterocycles. The topological polar surface area (TPSA) is 38.3 Å². The van der Waals surface area contributed by atoms with Crippen LogP contribution < -0.4 is 5.32 Å². The van der Waals surface area contributed by atoms with E-state index < -0.39 is 23.6 Å². The summed E-state index contributed by atoms with van der Waals surface area (Å²) in [5.74, 6) is -1.83. The van der Waals surface area contributed by atoms with Gasteiger partial charge in [-0.15, -0.1) is 0 Å². The predicted molar refractivity (Wildman–Crippen MR) is 68.4 cm³/mol. The average Bonchev–Trinajstić information content (AvgIpc) is 2.23. The van der Waals surface area contributed by atoms with Gasteiger partial charge in [-0.25, -0.2) is 8.78 Å². The van der Waals surface area contributed by atoms with Crippen LogP contribution in [0.3, 0.4) is 0 Å². The molecule has 0 fully saturated rings. The Morgan fingerprint density at radius 1 is 1.44 bits per heavy atom. The number of halogens is 3. The summed E-state index contributed by atoms with van der Waals surface area (Å²) in [4.78, 5) is 11.2. The van der Waals surface area contributed by atoms with Gasteiger partial charge >= 0.3 is 5.97 Å². The Balaban J connectivity index is 2.70. The minimum atomic E-state index is -0.711. The lowest BCUT2D eigenvalue weighted by atomic mass is 10.2. The van der Waals surface area contributed by atoms with Crippen molar-refractivity contribution in [2.75, 3.05) is 11.9 Å². The molecule has 1 aromatic carbocycles. The predicted octanol–water partition coefficient (Wildman–Crippen LogP) is 3.48. The molecule has 18 heavy (non-hydrogen) atoms. The molecule has 1 atom stereocenters. The van der Waals surface area contributed by atoms with Crippen molar-refractivity contribution in [3.05, 3.63) is 28.2 Å². The lowest BCUT2D eigenvalue weighted by Gasteiger charge is -2.15. The summed E-state index contributed by atoms with van der Waals surface area (Å²) in [6.45, 7) is 3.63. The fourth-order valence-electron chi connectivity index (χ4n) is 1.45. The minimum Gasteiger partial charge on any atom is -0.466 e. The van der Waals surface area contributed by atoms with Crippen LogP contribution in [0.2, 0.25) is 0 Å². The van der Waals surface area contributed by atoms with Gasteiger partial charge in [0, 0.05) is 10.5 Å². The fraction of sp³-hybridized carbons (Fsp3) is 0.417. The Morgan fingerprint density at radius 3 is 2.50 bits per heavy atom. The van der Waals surface area contributed by atoms with Gasteiger partial charge in [-0.2, -0.15) is 0 Å². The number of hydrogen-bond donors (Lipinski definition) is 1. The van der Waals surface area contributed by atoms with Crippen LogP contribution in [0.5, 0.6) is 0 Å². The molecule has 0 amide bonds. The van der Waals surface area contributed by atoms with Gasteiger partial charge in [-0.05, 0) is 26.0 Å². The Hall–Kier alpha value is -1.17. The van der Waals surface area contributed by atoms with Crippen LogP contribution in [0.4, 0.5) is 14.5 Å². The highest BCUT2D eigenvalue weighted by Crippen LogP contribution is 2.24. The standard InChI is InChI=1S/C12H14BrF2NO2/c1-3-18-11(17)4-7(2)16-12-9(14)5-8(13)6-10(12)15/h5-7,16H,3-4H2,1-2H3. The van der Waals surface area contributed by atoms with Crippen LogP contribution >= 0.6 is 15.9 Å². The molecule has 0 aliphatic carbocycles. The highest BCUT2D eigenvalue weighted by molar-refractivity contribution is 9.10.